The van der Waals surface area contributed by atoms with Crippen LogP contribution in [-0.2, 0) is 11.2 Å². The van der Waals surface area contributed by atoms with Gasteiger partial charge in [0.25, 0.3) is 0 Å². The second-order valence-corrected chi connectivity index (χ2v) is 3.29. The molecule has 1 N–H and O–H groups in total. The van der Waals surface area contributed by atoms with Crippen molar-refractivity contribution in [3.05, 3.63) is 41.2 Å². The summed E-state index contributed by atoms with van der Waals surface area (Å²) in [6, 6.07) is 4.34. The molecule has 0 fully saturated rings. The lowest BCUT2D eigenvalue weighted by Crippen LogP contribution is -2.02. The van der Waals surface area contributed by atoms with Crippen molar-refractivity contribution in [2.75, 3.05) is 5.88 Å². The summed E-state index contributed by atoms with van der Waals surface area (Å²) >= 11 is 5.45. The summed E-state index contributed by atoms with van der Waals surface area (Å²) in [5.74, 6) is -1.18. The second-order valence-electron chi connectivity index (χ2n) is 2.98. The van der Waals surface area contributed by atoms with Gasteiger partial charge in [-0.15, -0.1) is 11.6 Å². The predicted octanol–water partition coefficient (Wildman–Crippen LogP) is 2.70. The Bertz CT molecular complexity index is 388. The van der Waals surface area contributed by atoms with Gasteiger partial charge in [0, 0.05) is 5.88 Å². The molecule has 15 heavy (non-hydrogen) atoms. The van der Waals surface area contributed by atoms with Gasteiger partial charge in [0.15, 0.2) is 0 Å². The zero-order chi connectivity index (χ0) is 11.3. The number of carboxylic acids is 1. The fraction of sp³-hybridized carbons (Fsp3) is 0.182. The topological polar surface area (TPSA) is 37.3 Å². The highest BCUT2D eigenvalue weighted by Gasteiger charge is 2.06. The van der Waals surface area contributed by atoms with Crippen LogP contribution in [0.3, 0.4) is 0 Å². The molecule has 80 valence electrons. The van der Waals surface area contributed by atoms with Gasteiger partial charge in [-0.2, -0.15) is 0 Å². The molecule has 1 aromatic rings. The van der Waals surface area contributed by atoms with E-state index in [1.54, 1.807) is 18.2 Å². The first-order valence-corrected chi connectivity index (χ1v) is 4.89. The van der Waals surface area contributed by atoms with Crippen LogP contribution in [0.2, 0.25) is 0 Å². The van der Waals surface area contributed by atoms with Crippen molar-refractivity contribution in [2.24, 2.45) is 0 Å². The SMILES string of the molecule is O=C(O)Cc1cc(C=CCCl)ccc1F. The lowest BCUT2D eigenvalue weighted by molar-refractivity contribution is -0.136. The molecule has 1 aromatic carbocycles. The summed E-state index contributed by atoms with van der Waals surface area (Å²) in [6.07, 6.45) is 3.12. The van der Waals surface area contributed by atoms with Crippen LogP contribution >= 0.6 is 11.6 Å². The van der Waals surface area contributed by atoms with Gasteiger partial charge in [-0.25, -0.2) is 4.39 Å². The number of hydrogen-bond donors (Lipinski definition) is 1. The zero-order valence-corrected chi connectivity index (χ0v) is 8.67. The molecule has 0 aliphatic heterocycles. The highest BCUT2D eigenvalue weighted by Crippen LogP contribution is 2.12. The van der Waals surface area contributed by atoms with Gasteiger partial charge >= 0.3 is 5.97 Å². The maximum atomic E-state index is 13.1. The largest absolute Gasteiger partial charge is 0.481 e. The molecule has 0 heterocycles. The van der Waals surface area contributed by atoms with Crippen molar-refractivity contribution in [2.45, 2.75) is 6.42 Å². The van der Waals surface area contributed by atoms with E-state index in [2.05, 4.69) is 0 Å². The molecule has 0 aromatic heterocycles. The van der Waals surface area contributed by atoms with Crippen LogP contribution in [0.4, 0.5) is 4.39 Å². The van der Waals surface area contributed by atoms with Crippen LogP contribution in [0, 0.1) is 5.82 Å². The average molecular weight is 229 g/mol. The van der Waals surface area contributed by atoms with Gasteiger partial charge in [-0.05, 0) is 23.3 Å². The molecular weight excluding hydrogens is 219 g/mol. The summed E-state index contributed by atoms with van der Waals surface area (Å²) in [5.41, 5.74) is 0.924. The minimum Gasteiger partial charge on any atom is -0.481 e. The van der Waals surface area contributed by atoms with E-state index in [1.807, 2.05) is 0 Å². The highest BCUT2D eigenvalue weighted by atomic mass is 35.5. The molecule has 0 spiro atoms. The zero-order valence-electron chi connectivity index (χ0n) is 7.91. The molecular formula is C11H10ClFO2. The van der Waals surface area contributed by atoms with Crippen molar-refractivity contribution in [1.29, 1.82) is 0 Å². The fourth-order valence-electron chi connectivity index (χ4n) is 1.18. The summed E-state index contributed by atoms with van der Waals surface area (Å²) in [5, 5.41) is 8.55. The van der Waals surface area contributed by atoms with Crippen LogP contribution in [0.1, 0.15) is 11.1 Å². The molecule has 0 saturated heterocycles. The van der Waals surface area contributed by atoms with Gasteiger partial charge < -0.3 is 5.11 Å². The van der Waals surface area contributed by atoms with Gasteiger partial charge in [0.1, 0.15) is 5.82 Å². The van der Waals surface area contributed by atoms with E-state index < -0.39 is 11.8 Å². The minimum atomic E-state index is -1.05. The molecule has 4 heteroatoms. The van der Waals surface area contributed by atoms with E-state index in [1.165, 1.54) is 12.1 Å². The number of carbonyl (C=O) groups is 1. The maximum Gasteiger partial charge on any atom is 0.307 e. The second kappa shape index (κ2) is 5.51. The van der Waals surface area contributed by atoms with Crippen LogP contribution in [0.5, 0.6) is 0 Å². The Kier molecular flexibility index (Phi) is 4.31. The van der Waals surface area contributed by atoms with Crippen LogP contribution < -0.4 is 0 Å². The van der Waals surface area contributed by atoms with Crippen LogP contribution in [-0.4, -0.2) is 17.0 Å². The third kappa shape index (κ3) is 3.72. The molecule has 0 amide bonds. The Labute approximate surface area is 92.0 Å². The number of halogens is 2. The highest BCUT2D eigenvalue weighted by molar-refractivity contribution is 6.19. The van der Waals surface area contributed by atoms with Crippen molar-refractivity contribution >= 4 is 23.6 Å². The predicted molar refractivity (Wildman–Crippen MR) is 57.5 cm³/mol. The van der Waals surface area contributed by atoms with Crippen molar-refractivity contribution in [1.82, 2.24) is 0 Å². The monoisotopic (exact) mass is 228 g/mol. The van der Waals surface area contributed by atoms with Crippen molar-refractivity contribution in [3.8, 4) is 0 Å². The van der Waals surface area contributed by atoms with E-state index in [4.69, 9.17) is 16.7 Å². The van der Waals surface area contributed by atoms with Gasteiger partial charge in [0.05, 0.1) is 6.42 Å². The Morgan fingerprint density at radius 2 is 2.27 bits per heavy atom. The molecule has 0 atom stereocenters. The molecule has 0 aliphatic rings. The van der Waals surface area contributed by atoms with E-state index in [-0.39, 0.29) is 12.0 Å². The number of benzene rings is 1. The van der Waals surface area contributed by atoms with Gasteiger partial charge in [-0.3, -0.25) is 4.79 Å². The average Bonchev–Trinajstić information content (AvgIpc) is 2.18. The van der Waals surface area contributed by atoms with Crippen LogP contribution in [0.15, 0.2) is 24.3 Å². The standard InChI is InChI=1S/C11H10ClFO2/c12-5-1-2-8-3-4-10(13)9(6-8)7-11(14)15/h1-4,6H,5,7H2,(H,14,15). The molecule has 0 aliphatic carbocycles. The van der Waals surface area contributed by atoms with E-state index in [0.29, 0.717) is 5.88 Å². The van der Waals surface area contributed by atoms with Crippen LogP contribution in [0.25, 0.3) is 6.08 Å². The van der Waals surface area contributed by atoms with E-state index in [9.17, 15) is 9.18 Å². The summed E-state index contributed by atoms with van der Waals surface area (Å²) in [6.45, 7) is 0. The quantitative estimate of drug-likeness (QED) is 0.805. The number of rotatable bonds is 4. The van der Waals surface area contributed by atoms with E-state index >= 15 is 0 Å². The van der Waals surface area contributed by atoms with Crippen molar-refractivity contribution < 1.29 is 14.3 Å². The number of carboxylic acid groups (broad SMARTS) is 1. The molecule has 0 radical (unpaired) electrons. The molecule has 2 nitrogen and oxygen atoms in total. The molecule has 0 unspecified atom stereocenters. The fourth-order valence-corrected chi connectivity index (χ4v) is 1.27. The lowest BCUT2D eigenvalue weighted by Gasteiger charge is -2.01. The Balaban J connectivity index is 2.94. The van der Waals surface area contributed by atoms with Crippen molar-refractivity contribution in [3.63, 3.8) is 0 Å². The first-order valence-electron chi connectivity index (χ1n) is 4.36. The third-order valence-electron chi connectivity index (χ3n) is 1.81. The Morgan fingerprint density at radius 3 is 2.87 bits per heavy atom. The summed E-state index contributed by atoms with van der Waals surface area (Å²) in [4.78, 5) is 10.4. The normalized spacial score (nSPS) is 10.8. The molecule has 0 saturated carbocycles. The summed E-state index contributed by atoms with van der Waals surface area (Å²) in [7, 11) is 0. The first kappa shape index (κ1) is 11.7. The van der Waals surface area contributed by atoms with Gasteiger partial charge in [0.2, 0.25) is 0 Å². The van der Waals surface area contributed by atoms with E-state index in [0.717, 1.165) is 5.56 Å². The molecule has 0 bridgehead atoms. The molecule has 1 rings (SSSR count). The Morgan fingerprint density at radius 1 is 1.53 bits per heavy atom. The lowest BCUT2D eigenvalue weighted by atomic mass is 10.1. The van der Waals surface area contributed by atoms with Gasteiger partial charge in [-0.1, -0.05) is 18.2 Å². The number of hydrogen-bond acceptors (Lipinski definition) is 1. The Hall–Kier alpha value is -1.35. The summed E-state index contributed by atoms with van der Waals surface area (Å²) < 4.78 is 13.1. The first-order chi connectivity index (χ1) is 7.13. The number of alkyl halides is 1. The number of allylic oxidation sites excluding steroid dienone is 1. The smallest absolute Gasteiger partial charge is 0.307 e. The number of aliphatic carboxylic acids is 1. The third-order valence-corrected chi connectivity index (χ3v) is 1.99. The maximum absolute atomic E-state index is 13.1. The minimum absolute atomic E-state index is 0.180.